The number of carboxylic acids is 1. The highest BCUT2D eigenvalue weighted by atomic mass is 32.1. The Labute approximate surface area is 115 Å². The first kappa shape index (κ1) is 13.8. The van der Waals surface area contributed by atoms with Gasteiger partial charge in [-0.3, -0.25) is 4.79 Å². The molecule has 0 saturated carbocycles. The molecule has 0 aromatic carbocycles. The molecule has 102 valence electrons. The Morgan fingerprint density at radius 2 is 2.37 bits per heavy atom. The minimum absolute atomic E-state index is 0.0413. The number of aliphatic carboxylic acids is 1. The maximum atomic E-state index is 12.4. The van der Waals surface area contributed by atoms with E-state index in [4.69, 9.17) is 9.84 Å². The fraction of sp³-hybridized carbons (Fsp3) is 0.385. The molecule has 0 radical (unpaired) electrons. The van der Waals surface area contributed by atoms with Crippen LogP contribution in [0.3, 0.4) is 0 Å². The van der Waals surface area contributed by atoms with Gasteiger partial charge in [0.05, 0.1) is 24.1 Å². The van der Waals surface area contributed by atoms with Gasteiger partial charge in [-0.1, -0.05) is 0 Å². The Bertz CT molecular complexity index is 508. The first-order valence-electron chi connectivity index (χ1n) is 5.97. The quantitative estimate of drug-likeness (QED) is 0.856. The average Bonchev–Trinajstić information content (AvgIpc) is 2.84. The molecule has 1 aromatic heterocycles. The summed E-state index contributed by atoms with van der Waals surface area (Å²) in [6.45, 7) is 3.59. The van der Waals surface area contributed by atoms with Crippen LogP contribution in [0.2, 0.25) is 0 Å². The van der Waals surface area contributed by atoms with Gasteiger partial charge in [0.2, 0.25) is 0 Å². The summed E-state index contributed by atoms with van der Waals surface area (Å²) in [5.74, 6) is -1.08. The molecule has 1 aliphatic heterocycles. The lowest BCUT2D eigenvalue weighted by Crippen LogP contribution is -2.47. The molecule has 1 saturated heterocycles. The van der Waals surface area contributed by atoms with Crippen LogP contribution < -0.4 is 0 Å². The maximum absolute atomic E-state index is 12.4. The monoisotopic (exact) mass is 281 g/mol. The van der Waals surface area contributed by atoms with Crippen molar-refractivity contribution in [3.63, 3.8) is 0 Å². The van der Waals surface area contributed by atoms with Gasteiger partial charge < -0.3 is 14.7 Å². The molecule has 6 heteroatoms. The molecule has 0 aliphatic carbocycles. The Morgan fingerprint density at radius 1 is 1.58 bits per heavy atom. The van der Waals surface area contributed by atoms with Crippen molar-refractivity contribution >= 4 is 29.3 Å². The van der Waals surface area contributed by atoms with Crippen LogP contribution in [0.15, 0.2) is 17.5 Å². The second kappa shape index (κ2) is 5.99. The number of hydrogen-bond donors (Lipinski definition) is 1. The zero-order valence-electron chi connectivity index (χ0n) is 10.5. The number of ether oxygens (including phenoxy) is 1. The Morgan fingerprint density at radius 3 is 3.05 bits per heavy atom. The average molecular weight is 281 g/mol. The molecule has 5 nitrogen and oxygen atoms in total. The van der Waals surface area contributed by atoms with E-state index < -0.39 is 5.97 Å². The molecular formula is C13H15NO4S. The highest BCUT2D eigenvalue weighted by Gasteiger charge is 2.26. The van der Waals surface area contributed by atoms with E-state index in [1.807, 2.05) is 6.92 Å². The largest absolute Gasteiger partial charge is 0.478 e. The third-order valence-corrected chi connectivity index (χ3v) is 3.84. The second-order valence-electron chi connectivity index (χ2n) is 4.30. The molecule has 0 spiro atoms. The van der Waals surface area contributed by atoms with E-state index in [9.17, 15) is 9.59 Å². The summed E-state index contributed by atoms with van der Waals surface area (Å²) in [6.07, 6.45) is 2.50. The van der Waals surface area contributed by atoms with Gasteiger partial charge in [0, 0.05) is 12.6 Å². The van der Waals surface area contributed by atoms with E-state index in [1.54, 1.807) is 16.3 Å². The van der Waals surface area contributed by atoms with Crippen LogP contribution in [0.5, 0.6) is 0 Å². The Hall–Kier alpha value is -1.66. The number of carboxylic acid groups (broad SMARTS) is 1. The molecule has 0 bridgehead atoms. The van der Waals surface area contributed by atoms with Crippen LogP contribution in [0.4, 0.5) is 0 Å². The van der Waals surface area contributed by atoms with Crippen LogP contribution >= 0.6 is 11.3 Å². The molecule has 1 fully saturated rings. The molecule has 1 N–H and O–H groups in total. The summed E-state index contributed by atoms with van der Waals surface area (Å²) < 4.78 is 5.31. The van der Waals surface area contributed by atoms with Crippen molar-refractivity contribution in [3.8, 4) is 0 Å². The summed E-state index contributed by atoms with van der Waals surface area (Å²) in [7, 11) is 0. The van der Waals surface area contributed by atoms with Crippen molar-refractivity contribution in [3.05, 3.63) is 28.0 Å². The van der Waals surface area contributed by atoms with E-state index in [2.05, 4.69) is 0 Å². The summed E-state index contributed by atoms with van der Waals surface area (Å²) >= 11 is 1.33. The van der Waals surface area contributed by atoms with Gasteiger partial charge in [-0.15, -0.1) is 11.3 Å². The van der Waals surface area contributed by atoms with Gasteiger partial charge in [-0.05, 0) is 30.0 Å². The predicted molar refractivity (Wildman–Crippen MR) is 72.3 cm³/mol. The summed E-state index contributed by atoms with van der Waals surface area (Å²) in [6, 6.07) is 1.79. The van der Waals surface area contributed by atoms with Crippen LogP contribution in [0.25, 0.3) is 6.08 Å². The molecular weight excluding hydrogens is 266 g/mol. The smallest absolute Gasteiger partial charge is 0.328 e. The van der Waals surface area contributed by atoms with E-state index in [0.717, 1.165) is 6.08 Å². The minimum Gasteiger partial charge on any atom is -0.478 e. The first-order chi connectivity index (χ1) is 9.09. The molecule has 1 amide bonds. The van der Waals surface area contributed by atoms with Crippen molar-refractivity contribution in [1.82, 2.24) is 4.90 Å². The minimum atomic E-state index is -1.02. The number of amides is 1. The van der Waals surface area contributed by atoms with Crippen molar-refractivity contribution < 1.29 is 19.4 Å². The molecule has 1 aliphatic rings. The van der Waals surface area contributed by atoms with Gasteiger partial charge in [-0.25, -0.2) is 4.79 Å². The zero-order chi connectivity index (χ0) is 13.8. The van der Waals surface area contributed by atoms with Gasteiger partial charge in [0.15, 0.2) is 0 Å². The first-order valence-corrected chi connectivity index (χ1v) is 6.85. The fourth-order valence-electron chi connectivity index (χ4n) is 1.94. The summed E-state index contributed by atoms with van der Waals surface area (Å²) in [5, 5.41) is 10.4. The topological polar surface area (TPSA) is 66.8 Å². The lowest BCUT2D eigenvalue weighted by atomic mass is 10.2. The van der Waals surface area contributed by atoms with E-state index in [1.165, 1.54) is 17.4 Å². The van der Waals surface area contributed by atoms with E-state index >= 15 is 0 Å². The standard InChI is InChI=1S/C13H15NO4S/c1-9-8-18-6-5-14(9)13(17)12-10(4-7-19-12)2-3-11(15)16/h2-4,7,9H,5-6,8H2,1H3,(H,15,16). The lowest BCUT2D eigenvalue weighted by molar-refractivity contribution is -0.131. The summed E-state index contributed by atoms with van der Waals surface area (Å²) in [4.78, 5) is 25.3. The number of rotatable bonds is 3. The van der Waals surface area contributed by atoms with Crippen molar-refractivity contribution in [2.75, 3.05) is 19.8 Å². The Balaban J connectivity index is 2.19. The fourth-order valence-corrected chi connectivity index (χ4v) is 2.79. The van der Waals surface area contributed by atoms with Crippen molar-refractivity contribution in [2.24, 2.45) is 0 Å². The van der Waals surface area contributed by atoms with Gasteiger partial charge in [-0.2, -0.15) is 0 Å². The third kappa shape index (κ3) is 3.21. The van der Waals surface area contributed by atoms with Gasteiger partial charge in [0.25, 0.3) is 5.91 Å². The van der Waals surface area contributed by atoms with Crippen LogP contribution in [-0.2, 0) is 9.53 Å². The maximum Gasteiger partial charge on any atom is 0.328 e. The molecule has 2 rings (SSSR count). The van der Waals surface area contributed by atoms with E-state index in [-0.39, 0.29) is 11.9 Å². The SMILES string of the molecule is CC1COCCN1C(=O)c1sccc1C=CC(=O)O. The molecule has 2 heterocycles. The number of morpholine rings is 1. The zero-order valence-corrected chi connectivity index (χ0v) is 11.4. The second-order valence-corrected chi connectivity index (χ2v) is 5.22. The molecule has 1 unspecified atom stereocenters. The molecule has 1 atom stereocenters. The predicted octanol–water partition coefficient (Wildman–Crippen LogP) is 1.71. The van der Waals surface area contributed by atoms with Crippen LogP contribution in [0.1, 0.15) is 22.2 Å². The van der Waals surface area contributed by atoms with Gasteiger partial charge in [0.1, 0.15) is 0 Å². The summed E-state index contributed by atoms with van der Waals surface area (Å²) in [5.41, 5.74) is 0.649. The van der Waals surface area contributed by atoms with E-state index in [0.29, 0.717) is 30.2 Å². The number of thiophene rings is 1. The Kier molecular flexibility index (Phi) is 4.34. The van der Waals surface area contributed by atoms with Gasteiger partial charge >= 0.3 is 5.97 Å². The van der Waals surface area contributed by atoms with Crippen molar-refractivity contribution in [2.45, 2.75) is 13.0 Å². The normalized spacial score (nSPS) is 19.8. The number of carbonyl (C=O) groups is 2. The van der Waals surface area contributed by atoms with Crippen LogP contribution in [0, 0.1) is 0 Å². The molecule has 1 aromatic rings. The van der Waals surface area contributed by atoms with Crippen LogP contribution in [-0.4, -0.2) is 47.7 Å². The number of hydrogen-bond acceptors (Lipinski definition) is 4. The molecule has 19 heavy (non-hydrogen) atoms. The highest BCUT2D eigenvalue weighted by Crippen LogP contribution is 2.22. The lowest BCUT2D eigenvalue weighted by Gasteiger charge is -2.33. The number of nitrogens with zero attached hydrogens (tertiary/aromatic N) is 1. The highest BCUT2D eigenvalue weighted by molar-refractivity contribution is 7.12. The van der Waals surface area contributed by atoms with Crippen molar-refractivity contribution in [1.29, 1.82) is 0 Å². The number of carbonyl (C=O) groups excluding carboxylic acids is 1. The third-order valence-electron chi connectivity index (χ3n) is 2.92.